The summed E-state index contributed by atoms with van der Waals surface area (Å²) in [4.78, 5) is 11.8. The fourth-order valence-corrected chi connectivity index (χ4v) is 2.79. The monoisotopic (exact) mass is 314 g/mol. The first kappa shape index (κ1) is 13.5. The number of aliphatic hydroxyl groups is 1. The molecule has 1 heterocycles. The van der Waals surface area contributed by atoms with Crippen LogP contribution in [0.15, 0.2) is 30.3 Å². The van der Waals surface area contributed by atoms with Gasteiger partial charge in [0.25, 0.3) is 0 Å². The largest absolute Gasteiger partial charge is 0.455 e. The number of alkyl halides is 1. The summed E-state index contributed by atoms with van der Waals surface area (Å²) in [7, 11) is 0. The Labute approximate surface area is 114 Å². The maximum atomic E-state index is 11.9. The molecule has 4 nitrogen and oxygen atoms in total. The average molecular weight is 315 g/mol. The molecule has 0 radical (unpaired) electrons. The van der Waals surface area contributed by atoms with Gasteiger partial charge in [-0.3, -0.25) is 0 Å². The number of ether oxygens (including phenoxy) is 2. The van der Waals surface area contributed by atoms with Crippen molar-refractivity contribution in [3.63, 3.8) is 0 Å². The number of aliphatic hydroxyl groups excluding tert-OH is 1. The molecule has 0 aromatic heterocycles. The molecule has 0 bridgehead atoms. The van der Waals surface area contributed by atoms with Crippen LogP contribution in [0.4, 0.5) is 0 Å². The van der Waals surface area contributed by atoms with Crippen LogP contribution in [0.3, 0.4) is 0 Å². The average Bonchev–Trinajstić information content (AvgIpc) is 2.34. The van der Waals surface area contributed by atoms with Crippen molar-refractivity contribution in [2.75, 3.05) is 0 Å². The summed E-state index contributed by atoms with van der Waals surface area (Å²) in [5.74, 6) is -0.378. The molecule has 5 heteroatoms. The lowest BCUT2D eigenvalue weighted by Crippen LogP contribution is -2.46. The Morgan fingerprint density at radius 1 is 1.44 bits per heavy atom. The first-order chi connectivity index (χ1) is 8.58. The highest BCUT2D eigenvalue weighted by Gasteiger charge is 2.37. The molecule has 1 aromatic carbocycles. The third-order valence-electron chi connectivity index (χ3n) is 2.87. The van der Waals surface area contributed by atoms with Gasteiger partial charge in [0.2, 0.25) is 0 Å². The number of hydrogen-bond donors (Lipinski definition) is 1. The van der Waals surface area contributed by atoms with E-state index in [0.717, 1.165) is 0 Å². The summed E-state index contributed by atoms with van der Waals surface area (Å²) < 4.78 is 10.7. The van der Waals surface area contributed by atoms with Crippen molar-refractivity contribution in [1.82, 2.24) is 0 Å². The number of halogens is 1. The molecule has 4 atom stereocenters. The fourth-order valence-electron chi connectivity index (χ4n) is 1.94. The van der Waals surface area contributed by atoms with Crippen LogP contribution in [0.2, 0.25) is 0 Å². The normalized spacial score (nSPS) is 31.9. The van der Waals surface area contributed by atoms with Crippen LogP contribution < -0.4 is 0 Å². The number of esters is 1. The molecule has 0 spiro atoms. The predicted molar refractivity (Wildman–Crippen MR) is 69.5 cm³/mol. The van der Waals surface area contributed by atoms with Gasteiger partial charge in [0, 0.05) is 6.42 Å². The minimum atomic E-state index is -0.809. The SMILES string of the molecule is C[C@H]1O[C@@H](O)C[C@H](Br)[C@@H]1OC(=O)c1ccccc1. The number of rotatable bonds is 2. The van der Waals surface area contributed by atoms with Crippen molar-refractivity contribution in [3.05, 3.63) is 35.9 Å². The van der Waals surface area contributed by atoms with Crippen LogP contribution in [0.25, 0.3) is 0 Å². The summed E-state index contributed by atoms with van der Waals surface area (Å²) >= 11 is 3.42. The second-order valence-corrected chi connectivity index (χ2v) is 5.46. The van der Waals surface area contributed by atoms with Crippen LogP contribution in [-0.2, 0) is 9.47 Å². The van der Waals surface area contributed by atoms with Crippen molar-refractivity contribution < 1.29 is 19.4 Å². The van der Waals surface area contributed by atoms with E-state index in [1.165, 1.54) is 0 Å². The third-order valence-corrected chi connectivity index (χ3v) is 3.77. The Morgan fingerprint density at radius 3 is 2.72 bits per heavy atom. The number of carbonyl (C=O) groups is 1. The highest BCUT2D eigenvalue weighted by atomic mass is 79.9. The second-order valence-electron chi connectivity index (χ2n) is 4.28. The number of hydrogen-bond acceptors (Lipinski definition) is 4. The number of carbonyl (C=O) groups excluding carboxylic acids is 1. The first-order valence-electron chi connectivity index (χ1n) is 5.81. The van der Waals surface area contributed by atoms with E-state index in [9.17, 15) is 9.90 Å². The van der Waals surface area contributed by atoms with E-state index >= 15 is 0 Å². The van der Waals surface area contributed by atoms with Crippen LogP contribution >= 0.6 is 15.9 Å². The van der Waals surface area contributed by atoms with Gasteiger partial charge in [0.15, 0.2) is 6.29 Å². The molecule has 0 aliphatic carbocycles. The van der Waals surface area contributed by atoms with Crippen molar-refractivity contribution >= 4 is 21.9 Å². The zero-order chi connectivity index (χ0) is 13.1. The van der Waals surface area contributed by atoms with Crippen molar-refractivity contribution in [2.24, 2.45) is 0 Å². The summed E-state index contributed by atoms with van der Waals surface area (Å²) in [6.45, 7) is 1.78. The van der Waals surface area contributed by atoms with Crippen molar-refractivity contribution in [1.29, 1.82) is 0 Å². The Kier molecular flexibility index (Phi) is 4.37. The zero-order valence-corrected chi connectivity index (χ0v) is 11.5. The molecular formula is C13H15BrO4. The van der Waals surface area contributed by atoms with E-state index < -0.39 is 12.4 Å². The van der Waals surface area contributed by atoms with E-state index in [1.807, 2.05) is 6.07 Å². The van der Waals surface area contributed by atoms with E-state index in [0.29, 0.717) is 12.0 Å². The summed E-state index contributed by atoms with van der Waals surface area (Å²) in [6.07, 6.45) is -1.15. The quantitative estimate of drug-likeness (QED) is 0.671. The Morgan fingerprint density at radius 2 is 2.11 bits per heavy atom. The van der Waals surface area contributed by atoms with Crippen LogP contribution in [0.5, 0.6) is 0 Å². The van der Waals surface area contributed by atoms with E-state index in [1.54, 1.807) is 31.2 Å². The predicted octanol–water partition coefficient (Wildman–Crippen LogP) is 2.10. The maximum Gasteiger partial charge on any atom is 0.338 e. The highest BCUT2D eigenvalue weighted by Crippen LogP contribution is 2.27. The van der Waals surface area contributed by atoms with Gasteiger partial charge >= 0.3 is 5.97 Å². The van der Waals surface area contributed by atoms with Gasteiger partial charge in [0.1, 0.15) is 6.10 Å². The Hall–Kier alpha value is -0.910. The molecule has 1 aliphatic rings. The minimum Gasteiger partial charge on any atom is -0.455 e. The summed E-state index contributed by atoms with van der Waals surface area (Å²) in [5, 5.41) is 9.43. The molecule has 0 amide bonds. The molecule has 0 unspecified atom stereocenters. The number of benzene rings is 1. The van der Waals surface area contributed by atoms with E-state index in [2.05, 4.69) is 15.9 Å². The van der Waals surface area contributed by atoms with Gasteiger partial charge in [-0.15, -0.1) is 0 Å². The molecule has 0 saturated carbocycles. The molecule has 18 heavy (non-hydrogen) atoms. The smallest absolute Gasteiger partial charge is 0.338 e. The molecule has 1 saturated heterocycles. The van der Waals surface area contributed by atoms with E-state index in [4.69, 9.17) is 9.47 Å². The van der Waals surface area contributed by atoms with Gasteiger partial charge in [-0.1, -0.05) is 34.1 Å². The van der Waals surface area contributed by atoms with E-state index in [-0.39, 0.29) is 16.9 Å². The van der Waals surface area contributed by atoms with Crippen LogP contribution in [-0.4, -0.2) is 34.4 Å². The topological polar surface area (TPSA) is 55.8 Å². The fraction of sp³-hybridized carbons (Fsp3) is 0.462. The zero-order valence-electron chi connectivity index (χ0n) is 9.95. The standard InChI is InChI=1S/C13H15BrO4/c1-8-12(10(14)7-11(15)17-8)18-13(16)9-5-3-2-4-6-9/h2-6,8,10-12,15H,7H2,1H3/t8-,10+,11-,12-/m1/s1. The van der Waals surface area contributed by atoms with Crippen LogP contribution in [0.1, 0.15) is 23.7 Å². The summed E-state index contributed by atoms with van der Waals surface area (Å²) in [5.41, 5.74) is 0.510. The van der Waals surface area contributed by atoms with Crippen LogP contribution in [0, 0.1) is 0 Å². The van der Waals surface area contributed by atoms with Crippen molar-refractivity contribution in [3.8, 4) is 0 Å². The molecule has 1 N–H and O–H groups in total. The molecule has 1 fully saturated rings. The van der Waals surface area contributed by atoms with Gasteiger partial charge in [-0.05, 0) is 19.1 Å². The Bertz CT molecular complexity index is 397. The van der Waals surface area contributed by atoms with Gasteiger partial charge in [0.05, 0.1) is 16.5 Å². The first-order valence-corrected chi connectivity index (χ1v) is 6.73. The lowest BCUT2D eigenvalue weighted by atomic mass is 10.1. The van der Waals surface area contributed by atoms with Gasteiger partial charge in [-0.2, -0.15) is 0 Å². The summed E-state index contributed by atoms with van der Waals surface area (Å²) in [6, 6.07) is 8.82. The van der Waals surface area contributed by atoms with Gasteiger partial charge < -0.3 is 14.6 Å². The molecule has 98 valence electrons. The maximum absolute atomic E-state index is 11.9. The molecule has 2 rings (SSSR count). The Balaban J connectivity index is 2.03. The third kappa shape index (κ3) is 3.10. The highest BCUT2D eigenvalue weighted by molar-refractivity contribution is 9.09. The second kappa shape index (κ2) is 5.82. The molecule has 1 aromatic rings. The lowest BCUT2D eigenvalue weighted by molar-refractivity contribution is -0.189. The lowest BCUT2D eigenvalue weighted by Gasteiger charge is -2.35. The molecule has 1 aliphatic heterocycles. The van der Waals surface area contributed by atoms with Crippen molar-refractivity contribution in [2.45, 2.75) is 36.7 Å². The minimum absolute atomic E-state index is 0.107. The molecular weight excluding hydrogens is 300 g/mol. The van der Waals surface area contributed by atoms with Gasteiger partial charge in [-0.25, -0.2) is 4.79 Å².